The minimum Gasteiger partial charge on any atom is -0.419 e. The monoisotopic (exact) mass is 245 g/mol. The minimum atomic E-state index is -0.235. The van der Waals surface area contributed by atoms with Gasteiger partial charge in [-0.1, -0.05) is 18.2 Å². The molecule has 0 fully saturated rings. The first-order chi connectivity index (χ1) is 8.25. The summed E-state index contributed by atoms with van der Waals surface area (Å²) in [4.78, 5) is 0. The zero-order chi connectivity index (χ0) is 11.8. The van der Waals surface area contributed by atoms with Gasteiger partial charge in [0.15, 0.2) is 0 Å². The van der Waals surface area contributed by atoms with Crippen LogP contribution in [-0.2, 0) is 0 Å². The molecule has 1 atom stereocenters. The summed E-state index contributed by atoms with van der Waals surface area (Å²) in [7, 11) is 0. The minimum absolute atomic E-state index is 0.235. The fraction of sp³-hybridized carbons (Fsp3) is 0.167. The molecule has 86 valence electrons. The highest BCUT2D eigenvalue weighted by molar-refractivity contribution is 7.17. The molecule has 0 amide bonds. The second-order valence-electron chi connectivity index (χ2n) is 3.88. The van der Waals surface area contributed by atoms with Crippen molar-refractivity contribution in [2.24, 2.45) is 5.73 Å². The average Bonchev–Trinajstić information content (AvgIpc) is 2.95. The van der Waals surface area contributed by atoms with E-state index in [0.29, 0.717) is 11.8 Å². The molecule has 3 rings (SSSR count). The number of nitrogens with zero attached hydrogens (tertiary/aromatic N) is 2. The van der Waals surface area contributed by atoms with Crippen LogP contribution in [0.2, 0.25) is 0 Å². The molecule has 3 aromatic rings. The third-order valence-electron chi connectivity index (χ3n) is 2.54. The number of rotatable bonds is 2. The maximum Gasteiger partial charge on any atom is 0.249 e. The molecule has 1 aromatic carbocycles. The topological polar surface area (TPSA) is 64.9 Å². The molecule has 2 N–H and O–H groups in total. The van der Waals surface area contributed by atoms with E-state index < -0.39 is 0 Å². The Labute approximate surface area is 102 Å². The van der Waals surface area contributed by atoms with Crippen molar-refractivity contribution in [3.63, 3.8) is 0 Å². The van der Waals surface area contributed by atoms with Crippen molar-refractivity contribution in [2.45, 2.75) is 13.0 Å². The molecule has 4 nitrogen and oxygen atoms in total. The molecule has 2 heterocycles. The fourth-order valence-electron chi connectivity index (χ4n) is 1.67. The Morgan fingerprint density at radius 3 is 2.88 bits per heavy atom. The first-order valence-corrected chi connectivity index (χ1v) is 6.19. The van der Waals surface area contributed by atoms with E-state index in [1.54, 1.807) is 11.3 Å². The molecule has 0 radical (unpaired) electrons. The van der Waals surface area contributed by atoms with Gasteiger partial charge in [0, 0.05) is 15.5 Å². The second kappa shape index (κ2) is 3.94. The standard InChI is InChI=1S/C12H11N3OS/c1-7(13)11-14-15-12(16-11)9-6-17-10-5-3-2-4-8(9)10/h2-7H,13H2,1H3. The lowest BCUT2D eigenvalue weighted by atomic mass is 10.2. The number of benzene rings is 1. The third-order valence-corrected chi connectivity index (χ3v) is 3.51. The van der Waals surface area contributed by atoms with Gasteiger partial charge in [0.2, 0.25) is 11.8 Å². The molecule has 0 saturated carbocycles. The van der Waals surface area contributed by atoms with Crippen molar-refractivity contribution in [1.82, 2.24) is 10.2 Å². The number of fused-ring (bicyclic) bond motifs is 1. The molecule has 0 aliphatic rings. The van der Waals surface area contributed by atoms with E-state index in [2.05, 4.69) is 22.3 Å². The Morgan fingerprint density at radius 2 is 2.12 bits per heavy atom. The van der Waals surface area contributed by atoms with Crippen molar-refractivity contribution in [3.05, 3.63) is 35.5 Å². The fourth-order valence-corrected chi connectivity index (χ4v) is 2.61. The molecular weight excluding hydrogens is 234 g/mol. The smallest absolute Gasteiger partial charge is 0.249 e. The van der Waals surface area contributed by atoms with Gasteiger partial charge in [0.05, 0.1) is 11.6 Å². The van der Waals surface area contributed by atoms with E-state index >= 15 is 0 Å². The third kappa shape index (κ3) is 1.73. The molecule has 0 spiro atoms. The van der Waals surface area contributed by atoms with Gasteiger partial charge >= 0.3 is 0 Å². The lowest BCUT2D eigenvalue weighted by molar-refractivity contribution is 0.474. The summed E-state index contributed by atoms with van der Waals surface area (Å²) in [5, 5.41) is 11.1. The highest BCUT2D eigenvalue weighted by Crippen LogP contribution is 2.33. The van der Waals surface area contributed by atoms with Crippen molar-refractivity contribution in [1.29, 1.82) is 0 Å². The average molecular weight is 245 g/mol. The lowest BCUT2D eigenvalue weighted by Gasteiger charge is -1.95. The first-order valence-electron chi connectivity index (χ1n) is 5.31. The first kappa shape index (κ1) is 10.4. The summed E-state index contributed by atoms with van der Waals surface area (Å²) in [6.45, 7) is 1.82. The molecule has 1 unspecified atom stereocenters. The highest BCUT2D eigenvalue weighted by atomic mass is 32.1. The normalized spacial score (nSPS) is 13.1. The van der Waals surface area contributed by atoms with Crippen LogP contribution in [0, 0.1) is 0 Å². The van der Waals surface area contributed by atoms with Gasteiger partial charge < -0.3 is 10.2 Å². The Morgan fingerprint density at radius 1 is 1.29 bits per heavy atom. The van der Waals surface area contributed by atoms with E-state index in [-0.39, 0.29) is 6.04 Å². The summed E-state index contributed by atoms with van der Waals surface area (Å²) in [6.07, 6.45) is 0. The number of hydrogen-bond donors (Lipinski definition) is 1. The predicted octanol–water partition coefficient (Wildman–Crippen LogP) is 2.97. The van der Waals surface area contributed by atoms with E-state index in [0.717, 1.165) is 10.9 Å². The van der Waals surface area contributed by atoms with Crippen LogP contribution in [0.5, 0.6) is 0 Å². The Hall–Kier alpha value is -1.72. The predicted molar refractivity (Wildman–Crippen MR) is 67.7 cm³/mol. The van der Waals surface area contributed by atoms with E-state index in [1.165, 1.54) is 4.70 Å². The lowest BCUT2D eigenvalue weighted by Crippen LogP contribution is -2.04. The van der Waals surface area contributed by atoms with Gasteiger partial charge in [-0.2, -0.15) is 0 Å². The number of nitrogens with two attached hydrogens (primary N) is 1. The largest absolute Gasteiger partial charge is 0.419 e. The van der Waals surface area contributed by atoms with E-state index in [9.17, 15) is 0 Å². The van der Waals surface area contributed by atoms with E-state index in [1.807, 2.05) is 24.4 Å². The molecule has 0 saturated heterocycles. The molecule has 2 aromatic heterocycles. The van der Waals surface area contributed by atoms with Gasteiger partial charge in [0.25, 0.3) is 0 Å². The van der Waals surface area contributed by atoms with Crippen molar-refractivity contribution >= 4 is 21.4 Å². The maximum atomic E-state index is 5.70. The maximum absolute atomic E-state index is 5.70. The van der Waals surface area contributed by atoms with Gasteiger partial charge in [0.1, 0.15) is 0 Å². The van der Waals surface area contributed by atoms with Crippen LogP contribution in [-0.4, -0.2) is 10.2 Å². The molecular formula is C12H11N3OS. The van der Waals surface area contributed by atoms with Gasteiger partial charge in [-0.05, 0) is 13.0 Å². The van der Waals surface area contributed by atoms with E-state index in [4.69, 9.17) is 10.2 Å². The second-order valence-corrected chi connectivity index (χ2v) is 4.79. The zero-order valence-electron chi connectivity index (χ0n) is 9.25. The van der Waals surface area contributed by atoms with Crippen molar-refractivity contribution in [3.8, 4) is 11.5 Å². The van der Waals surface area contributed by atoms with Crippen molar-refractivity contribution < 1.29 is 4.42 Å². The van der Waals surface area contributed by atoms with Crippen LogP contribution in [0.1, 0.15) is 18.9 Å². The molecule has 0 aliphatic carbocycles. The summed E-state index contributed by atoms with van der Waals surface area (Å²) in [5.74, 6) is 1.00. The Kier molecular flexibility index (Phi) is 2.42. The van der Waals surface area contributed by atoms with Gasteiger partial charge in [-0.25, -0.2) is 0 Å². The summed E-state index contributed by atoms with van der Waals surface area (Å²) in [5.41, 5.74) is 6.68. The number of aromatic nitrogens is 2. The number of hydrogen-bond acceptors (Lipinski definition) is 5. The van der Waals surface area contributed by atoms with Crippen LogP contribution in [0.3, 0.4) is 0 Å². The van der Waals surface area contributed by atoms with Crippen LogP contribution >= 0.6 is 11.3 Å². The van der Waals surface area contributed by atoms with Gasteiger partial charge in [-0.15, -0.1) is 21.5 Å². The van der Waals surface area contributed by atoms with Crippen LogP contribution in [0.15, 0.2) is 34.1 Å². The van der Waals surface area contributed by atoms with Gasteiger partial charge in [-0.3, -0.25) is 0 Å². The zero-order valence-corrected chi connectivity index (χ0v) is 10.1. The number of thiophene rings is 1. The summed E-state index contributed by atoms with van der Waals surface area (Å²) in [6, 6.07) is 7.91. The molecule has 0 bridgehead atoms. The van der Waals surface area contributed by atoms with Crippen LogP contribution in [0.4, 0.5) is 0 Å². The molecule has 0 aliphatic heterocycles. The molecule has 5 heteroatoms. The Bertz CT molecular complexity index is 656. The van der Waals surface area contributed by atoms with Crippen LogP contribution < -0.4 is 5.73 Å². The van der Waals surface area contributed by atoms with Crippen LogP contribution in [0.25, 0.3) is 21.5 Å². The Balaban J connectivity index is 2.14. The molecule has 17 heavy (non-hydrogen) atoms. The highest BCUT2D eigenvalue weighted by Gasteiger charge is 2.14. The quantitative estimate of drug-likeness (QED) is 0.753. The SMILES string of the molecule is CC(N)c1nnc(-c2csc3ccccc23)o1. The summed E-state index contributed by atoms with van der Waals surface area (Å²) >= 11 is 1.67. The summed E-state index contributed by atoms with van der Waals surface area (Å²) < 4.78 is 6.77. The van der Waals surface area contributed by atoms with Crippen molar-refractivity contribution in [2.75, 3.05) is 0 Å².